The van der Waals surface area contributed by atoms with Crippen molar-refractivity contribution in [3.63, 3.8) is 0 Å². The van der Waals surface area contributed by atoms with Crippen molar-refractivity contribution >= 4 is 0 Å². The minimum Gasteiger partial charge on any atom is -0.492 e. The van der Waals surface area contributed by atoms with Gasteiger partial charge in [-0.05, 0) is 24.6 Å². The van der Waals surface area contributed by atoms with Crippen LogP contribution in [0.1, 0.15) is 11.1 Å². The van der Waals surface area contributed by atoms with E-state index in [2.05, 4.69) is 5.32 Å². The Hall–Kier alpha value is -1.74. The monoisotopic (exact) mass is 231 g/mol. The SMILES string of the molecule is Cc1ccccc1OCCNCc1ccoc1. The highest BCUT2D eigenvalue weighted by atomic mass is 16.5. The van der Waals surface area contributed by atoms with Gasteiger partial charge in [0.25, 0.3) is 0 Å². The summed E-state index contributed by atoms with van der Waals surface area (Å²) in [4.78, 5) is 0. The van der Waals surface area contributed by atoms with Gasteiger partial charge >= 0.3 is 0 Å². The smallest absolute Gasteiger partial charge is 0.122 e. The Morgan fingerprint density at radius 1 is 1.24 bits per heavy atom. The number of nitrogens with one attached hydrogen (secondary N) is 1. The minimum absolute atomic E-state index is 0.669. The van der Waals surface area contributed by atoms with E-state index >= 15 is 0 Å². The molecule has 3 heteroatoms. The molecule has 0 unspecified atom stereocenters. The minimum atomic E-state index is 0.669. The van der Waals surface area contributed by atoms with Gasteiger partial charge in [0.15, 0.2) is 0 Å². The first kappa shape index (κ1) is 11.7. The zero-order valence-electron chi connectivity index (χ0n) is 9.98. The summed E-state index contributed by atoms with van der Waals surface area (Å²) in [5.74, 6) is 0.956. The van der Waals surface area contributed by atoms with E-state index in [1.54, 1.807) is 12.5 Å². The molecule has 2 rings (SSSR count). The molecule has 0 bridgehead atoms. The Kier molecular flexibility index (Phi) is 4.22. The first-order valence-corrected chi connectivity index (χ1v) is 5.76. The lowest BCUT2D eigenvalue weighted by Crippen LogP contribution is -2.20. The number of para-hydroxylation sites is 1. The maximum absolute atomic E-state index is 5.67. The van der Waals surface area contributed by atoms with Crippen LogP contribution in [0.3, 0.4) is 0 Å². The second-order valence-electron chi connectivity index (χ2n) is 3.92. The van der Waals surface area contributed by atoms with Gasteiger partial charge in [0.1, 0.15) is 12.4 Å². The van der Waals surface area contributed by atoms with Crippen molar-refractivity contribution < 1.29 is 9.15 Å². The fraction of sp³-hybridized carbons (Fsp3) is 0.286. The molecule has 3 nitrogen and oxygen atoms in total. The van der Waals surface area contributed by atoms with Crippen molar-refractivity contribution in [2.24, 2.45) is 0 Å². The summed E-state index contributed by atoms with van der Waals surface area (Å²) >= 11 is 0. The molecule has 0 saturated heterocycles. The average molecular weight is 231 g/mol. The predicted octanol–water partition coefficient (Wildman–Crippen LogP) is 2.76. The van der Waals surface area contributed by atoms with Crippen molar-refractivity contribution in [3.8, 4) is 5.75 Å². The summed E-state index contributed by atoms with van der Waals surface area (Å²) in [6.07, 6.45) is 3.43. The molecule has 0 aliphatic heterocycles. The number of hydrogen-bond acceptors (Lipinski definition) is 3. The van der Waals surface area contributed by atoms with E-state index in [0.29, 0.717) is 6.61 Å². The predicted molar refractivity (Wildman–Crippen MR) is 67.1 cm³/mol. The molecule has 0 spiro atoms. The van der Waals surface area contributed by atoms with E-state index in [9.17, 15) is 0 Å². The lowest BCUT2D eigenvalue weighted by atomic mass is 10.2. The highest BCUT2D eigenvalue weighted by Gasteiger charge is 1.97. The molecule has 0 amide bonds. The van der Waals surface area contributed by atoms with Crippen molar-refractivity contribution in [1.82, 2.24) is 5.32 Å². The molecule has 0 aliphatic rings. The number of aryl methyl sites for hydroxylation is 1. The third-order valence-corrected chi connectivity index (χ3v) is 2.54. The summed E-state index contributed by atoms with van der Waals surface area (Å²) in [7, 11) is 0. The van der Waals surface area contributed by atoms with Gasteiger partial charge < -0.3 is 14.5 Å². The lowest BCUT2D eigenvalue weighted by molar-refractivity contribution is 0.311. The second kappa shape index (κ2) is 6.11. The van der Waals surface area contributed by atoms with Gasteiger partial charge in [-0.15, -0.1) is 0 Å². The first-order chi connectivity index (χ1) is 8.36. The standard InChI is InChI=1S/C14H17NO2/c1-12-4-2-3-5-14(12)17-9-7-15-10-13-6-8-16-11-13/h2-6,8,11,15H,7,9-10H2,1H3. The summed E-state index contributed by atoms with van der Waals surface area (Å²) < 4.78 is 10.7. The highest BCUT2D eigenvalue weighted by Crippen LogP contribution is 2.15. The normalized spacial score (nSPS) is 10.4. The zero-order valence-corrected chi connectivity index (χ0v) is 9.98. The number of hydrogen-bond donors (Lipinski definition) is 1. The Labute approximate surface area is 101 Å². The topological polar surface area (TPSA) is 34.4 Å². The molecule has 17 heavy (non-hydrogen) atoms. The molecular formula is C14H17NO2. The van der Waals surface area contributed by atoms with Crippen molar-refractivity contribution in [3.05, 3.63) is 54.0 Å². The fourth-order valence-corrected chi connectivity index (χ4v) is 1.58. The van der Waals surface area contributed by atoms with Crippen LogP contribution in [-0.4, -0.2) is 13.2 Å². The van der Waals surface area contributed by atoms with Crippen LogP contribution in [0.5, 0.6) is 5.75 Å². The third kappa shape index (κ3) is 3.64. The molecule has 0 atom stereocenters. The number of benzene rings is 1. The molecule has 0 saturated carbocycles. The molecular weight excluding hydrogens is 214 g/mol. The number of ether oxygens (including phenoxy) is 1. The third-order valence-electron chi connectivity index (χ3n) is 2.54. The van der Waals surface area contributed by atoms with E-state index < -0.39 is 0 Å². The van der Waals surface area contributed by atoms with Crippen LogP contribution in [-0.2, 0) is 6.54 Å². The molecule has 2 aromatic rings. The molecule has 1 heterocycles. The van der Waals surface area contributed by atoms with Crippen LogP contribution in [0.15, 0.2) is 47.3 Å². The van der Waals surface area contributed by atoms with Crippen molar-refractivity contribution in [1.29, 1.82) is 0 Å². The molecule has 90 valence electrons. The largest absolute Gasteiger partial charge is 0.492 e. The number of furan rings is 1. The van der Waals surface area contributed by atoms with Crippen LogP contribution in [0.25, 0.3) is 0 Å². The molecule has 1 aromatic carbocycles. The van der Waals surface area contributed by atoms with Gasteiger partial charge in [0.05, 0.1) is 12.5 Å². The van der Waals surface area contributed by atoms with Crippen LogP contribution in [0.4, 0.5) is 0 Å². The summed E-state index contributed by atoms with van der Waals surface area (Å²) in [5, 5.41) is 3.29. The summed E-state index contributed by atoms with van der Waals surface area (Å²) in [5.41, 5.74) is 2.32. The molecule has 0 aliphatic carbocycles. The van der Waals surface area contributed by atoms with E-state index in [1.165, 1.54) is 5.56 Å². The van der Waals surface area contributed by atoms with Gasteiger partial charge in [0, 0.05) is 18.7 Å². The lowest BCUT2D eigenvalue weighted by Gasteiger charge is -2.09. The van der Waals surface area contributed by atoms with Crippen LogP contribution in [0, 0.1) is 6.92 Å². The average Bonchev–Trinajstić information content (AvgIpc) is 2.84. The van der Waals surface area contributed by atoms with Crippen molar-refractivity contribution in [2.75, 3.05) is 13.2 Å². The van der Waals surface area contributed by atoms with Gasteiger partial charge in [-0.1, -0.05) is 18.2 Å². The molecule has 1 N–H and O–H groups in total. The summed E-state index contributed by atoms with van der Waals surface area (Å²) in [6.45, 7) is 4.35. The summed E-state index contributed by atoms with van der Waals surface area (Å²) in [6, 6.07) is 10.00. The maximum atomic E-state index is 5.67. The van der Waals surface area contributed by atoms with Gasteiger partial charge in [-0.2, -0.15) is 0 Å². The quantitative estimate of drug-likeness (QED) is 0.776. The number of rotatable bonds is 6. The van der Waals surface area contributed by atoms with Crippen LogP contribution >= 0.6 is 0 Å². The van der Waals surface area contributed by atoms with E-state index in [0.717, 1.165) is 24.4 Å². The van der Waals surface area contributed by atoms with Crippen molar-refractivity contribution in [2.45, 2.75) is 13.5 Å². The Balaban J connectivity index is 1.65. The second-order valence-corrected chi connectivity index (χ2v) is 3.92. The van der Waals surface area contributed by atoms with Crippen LogP contribution in [0.2, 0.25) is 0 Å². The van der Waals surface area contributed by atoms with E-state index in [1.807, 2.05) is 37.3 Å². The van der Waals surface area contributed by atoms with E-state index in [-0.39, 0.29) is 0 Å². The Morgan fingerprint density at radius 2 is 2.12 bits per heavy atom. The van der Waals surface area contributed by atoms with Gasteiger partial charge in [-0.25, -0.2) is 0 Å². The fourth-order valence-electron chi connectivity index (χ4n) is 1.58. The zero-order chi connectivity index (χ0) is 11.9. The Morgan fingerprint density at radius 3 is 2.88 bits per heavy atom. The maximum Gasteiger partial charge on any atom is 0.122 e. The first-order valence-electron chi connectivity index (χ1n) is 5.76. The Bertz CT molecular complexity index is 437. The van der Waals surface area contributed by atoms with Crippen LogP contribution < -0.4 is 10.1 Å². The van der Waals surface area contributed by atoms with Gasteiger partial charge in [0.2, 0.25) is 0 Å². The highest BCUT2D eigenvalue weighted by molar-refractivity contribution is 5.31. The molecule has 0 fully saturated rings. The molecule has 0 radical (unpaired) electrons. The molecule has 1 aromatic heterocycles. The van der Waals surface area contributed by atoms with E-state index in [4.69, 9.17) is 9.15 Å². The van der Waals surface area contributed by atoms with Gasteiger partial charge in [-0.3, -0.25) is 0 Å².